The molecule has 0 atom stereocenters. The van der Waals surface area contributed by atoms with Gasteiger partial charge in [0.15, 0.2) is 0 Å². The van der Waals surface area contributed by atoms with Gasteiger partial charge in [-0.05, 0) is 30.3 Å². The monoisotopic (exact) mass is 375 g/mol. The lowest BCUT2D eigenvalue weighted by Crippen LogP contribution is -2.29. The van der Waals surface area contributed by atoms with E-state index in [0.29, 0.717) is 5.69 Å². The zero-order chi connectivity index (χ0) is 18.7. The standard InChI is InChI=1S/C17H17N3O5S/c1-25-14-6-5-13(20-16(21)7-8-17(20)22)10-15(14)26(23,24)19-11-12-4-2-3-9-18-12/h2-6,9-10,19H,7-8,11H2,1H3. The van der Waals surface area contributed by atoms with E-state index in [2.05, 4.69) is 9.71 Å². The number of carbonyl (C=O) groups is 2. The highest BCUT2D eigenvalue weighted by atomic mass is 32.2. The number of benzene rings is 1. The summed E-state index contributed by atoms with van der Waals surface area (Å²) in [5.74, 6) is -0.601. The third-order valence-corrected chi connectivity index (χ3v) is 5.34. The Kier molecular flexibility index (Phi) is 5.01. The number of rotatable bonds is 6. The molecule has 1 saturated heterocycles. The predicted octanol–water partition coefficient (Wildman–Crippen LogP) is 1.22. The molecule has 0 aliphatic carbocycles. The first kappa shape index (κ1) is 18.0. The Morgan fingerprint density at radius 1 is 1.15 bits per heavy atom. The van der Waals surface area contributed by atoms with Crippen molar-refractivity contribution in [3.8, 4) is 5.75 Å². The van der Waals surface area contributed by atoms with Gasteiger partial charge in [0.2, 0.25) is 21.8 Å². The van der Waals surface area contributed by atoms with Crippen LogP contribution in [-0.4, -0.2) is 32.3 Å². The molecule has 8 nitrogen and oxygen atoms in total. The molecule has 1 N–H and O–H groups in total. The first-order chi connectivity index (χ1) is 12.4. The largest absolute Gasteiger partial charge is 0.495 e. The number of aromatic nitrogens is 1. The van der Waals surface area contributed by atoms with Crippen molar-refractivity contribution < 1.29 is 22.7 Å². The second-order valence-electron chi connectivity index (χ2n) is 5.60. The third-order valence-electron chi connectivity index (χ3n) is 3.92. The highest BCUT2D eigenvalue weighted by Crippen LogP contribution is 2.31. The normalized spacial score (nSPS) is 14.7. The summed E-state index contributed by atoms with van der Waals surface area (Å²) in [6.07, 6.45) is 1.80. The van der Waals surface area contributed by atoms with Gasteiger partial charge in [-0.15, -0.1) is 0 Å². The molecular formula is C17H17N3O5S. The average Bonchev–Trinajstić information content (AvgIpc) is 2.99. The lowest BCUT2D eigenvalue weighted by molar-refractivity contribution is -0.121. The van der Waals surface area contributed by atoms with Gasteiger partial charge in [-0.3, -0.25) is 19.5 Å². The fourth-order valence-electron chi connectivity index (χ4n) is 2.63. The number of nitrogens with zero attached hydrogens (tertiary/aromatic N) is 2. The van der Waals surface area contributed by atoms with Crippen LogP contribution in [0.1, 0.15) is 18.5 Å². The summed E-state index contributed by atoms with van der Waals surface area (Å²) < 4.78 is 33.0. The van der Waals surface area contributed by atoms with E-state index in [-0.39, 0.29) is 47.5 Å². The Balaban J connectivity index is 1.93. The highest BCUT2D eigenvalue weighted by molar-refractivity contribution is 7.89. The minimum atomic E-state index is -3.95. The van der Waals surface area contributed by atoms with Gasteiger partial charge >= 0.3 is 0 Å². The van der Waals surface area contributed by atoms with Crippen molar-refractivity contribution in [3.63, 3.8) is 0 Å². The number of hydrogen-bond donors (Lipinski definition) is 1. The molecule has 9 heteroatoms. The van der Waals surface area contributed by atoms with E-state index < -0.39 is 10.0 Å². The highest BCUT2D eigenvalue weighted by Gasteiger charge is 2.32. The molecule has 1 aliphatic heterocycles. The molecule has 1 aromatic carbocycles. The van der Waals surface area contributed by atoms with Crippen molar-refractivity contribution in [2.45, 2.75) is 24.3 Å². The summed E-state index contributed by atoms with van der Waals surface area (Å²) in [4.78, 5) is 28.7. The molecule has 26 heavy (non-hydrogen) atoms. The first-order valence-corrected chi connectivity index (χ1v) is 9.34. The van der Waals surface area contributed by atoms with Gasteiger partial charge in [-0.2, -0.15) is 0 Å². The smallest absolute Gasteiger partial charge is 0.244 e. The van der Waals surface area contributed by atoms with E-state index in [1.54, 1.807) is 24.4 Å². The first-order valence-electron chi connectivity index (χ1n) is 7.86. The number of anilines is 1. The third kappa shape index (κ3) is 3.58. The molecule has 136 valence electrons. The van der Waals surface area contributed by atoms with Crippen molar-refractivity contribution in [3.05, 3.63) is 48.3 Å². The van der Waals surface area contributed by atoms with Gasteiger partial charge in [-0.1, -0.05) is 6.07 Å². The molecular weight excluding hydrogens is 358 g/mol. The Hall–Kier alpha value is -2.78. The molecule has 1 aliphatic rings. The van der Waals surface area contributed by atoms with Crippen LogP contribution in [0.15, 0.2) is 47.5 Å². The second kappa shape index (κ2) is 7.22. The average molecular weight is 375 g/mol. The summed E-state index contributed by atoms with van der Waals surface area (Å²) >= 11 is 0. The molecule has 0 bridgehead atoms. The quantitative estimate of drug-likeness (QED) is 0.761. The summed E-state index contributed by atoms with van der Waals surface area (Å²) in [5, 5.41) is 0. The molecule has 2 aromatic rings. The van der Waals surface area contributed by atoms with Crippen LogP contribution < -0.4 is 14.4 Å². The molecule has 2 amide bonds. The number of methoxy groups -OCH3 is 1. The van der Waals surface area contributed by atoms with Gasteiger partial charge in [0, 0.05) is 19.0 Å². The van der Waals surface area contributed by atoms with Crippen molar-refractivity contribution in [2.24, 2.45) is 0 Å². The van der Waals surface area contributed by atoms with E-state index in [0.717, 1.165) is 4.90 Å². The van der Waals surface area contributed by atoms with Crippen LogP contribution in [0, 0.1) is 0 Å². The summed E-state index contributed by atoms with van der Waals surface area (Å²) in [5.41, 5.74) is 0.757. The van der Waals surface area contributed by atoms with Crippen LogP contribution in [0.2, 0.25) is 0 Å². The van der Waals surface area contributed by atoms with Crippen LogP contribution in [0.3, 0.4) is 0 Å². The molecule has 0 saturated carbocycles. The van der Waals surface area contributed by atoms with Crippen molar-refractivity contribution in [1.29, 1.82) is 0 Å². The van der Waals surface area contributed by atoms with Gasteiger partial charge in [0.1, 0.15) is 10.6 Å². The maximum atomic E-state index is 12.7. The summed E-state index contributed by atoms with van der Waals surface area (Å²) in [6.45, 7) is -0.00185. The van der Waals surface area contributed by atoms with E-state index >= 15 is 0 Å². The minimum Gasteiger partial charge on any atom is -0.495 e. The van der Waals surface area contributed by atoms with E-state index in [1.807, 2.05) is 0 Å². The Labute approximate surface area is 150 Å². The zero-order valence-electron chi connectivity index (χ0n) is 14.0. The lowest BCUT2D eigenvalue weighted by atomic mass is 10.2. The van der Waals surface area contributed by atoms with Gasteiger partial charge < -0.3 is 4.74 Å². The number of imide groups is 1. The Morgan fingerprint density at radius 2 is 1.88 bits per heavy atom. The van der Waals surface area contributed by atoms with Crippen molar-refractivity contribution >= 4 is 27.5 Å². The predicted molar refractivity (Wildman–Crippen MR) is 93.0 cm³/mol. The SMILES string of the molecule is COc1ccc(N2C(=O)CCC2=O)cc1S(=O)(=O)NCc1ccccn1. The molecule has 0 radical (unpaired) electrons. The zero-order valence-corrected chi connectivity index (χ0v) is 14.8. The summed E-state index contributed by atoms with van der Waals surface area (Å²) in [6, 6.07) is 9.34. The fraction of sp³-hybridized carbons (Fsp3) is 0.235. The van der Waals surface area contributed by atoms with Gasteiger partial charge in [0.05, 0.1) is 25.0 Å². The van der Waals surface area contributed by atoms with Crippen LogP contribution in [0.25, 0.3) is 0 Å². The fourth-order valence-corrected chi connectivity index (χ4v) is 3.81. The topological polar surface area (TPSA) is 106 Å². The number of amides is 2. The number of pyridine rings is 1. The van der Waals surface area contributed by atoms with E-state index in [1.165, 1.54) is 25.3 Å². The molecule has 3 rings (SSSR count). The number of hydrogen-bond acceptors (Lipinski definition) is 6. The molecule has 2 heterocycles. The second-order valence-corrected chi connectivity index (χ2v) is 7.34. The lowest BCUT2D eigenvalue weighted by Gasteiger charge is -2.17. The number of sulfonamides is 1. The Morgan fingerprint density at radius 3 is 2.50 bits per heavy atom. The maximum absolute atomic E-state index is 12.7. The van der Waals surface area contributed by atoms with Gasteiger partial charge in [0.25, 0.3) is 0 Å². The number of nitrogens with one attached hydrogen (secondary N) is 1. The van der Waals surface area contributed by atoms with Crippen LogP contribution in [-0.2, 0) is 26.2 Å². The number of ether oxygens (including phenoxy) is 1. The van der Waals surface area contributed by atoms with Crippen molar-refractivity contribution in [1.82, 2.24) is 9.71 Å². The van der Waals surface area contributed by atoms with Crippen LogP contribution in [0.4, 0.5) is 5.69 Å². The van der Waals surface area contributed by atoms with Gasteiger partial charge in [-0.25, -0.2) is 13.1 Å². The maximum Gasteiger partial charge on any atom is 0.244 e. The molecule has 0 unspecified atom stereocenters. The number of carbonyl (C=O) groups excluding carboxylic acids is 2. The minimum absolute atomic E-state index is 0.00185. The van der Waals surface area contributed by atoms with Crippen molar-refractivity contribution in [2.75, 3.05) is 12.0 Å². The molecule has 1 aromatic heterocycles. The van der Waals surface area contributed by atoms with E-state index in [4.69, 9.17) is 4.74 Å². The summed E-state index contributed by atoms with van der Waals surface area (Å²) in [7, 11) is -2.61. The van der Waals surface area contributed by atoms with Crippen LogP contribution >= 0.6 is 0 Å². The Bertz CT molecular complexity index is 928. The van der Waals surface area contributed by atoms with E-state index in [9.17, 15) is 18.0 Å². The van der Waals surface area contributed by atoms with Crippen LogP contribution in [0.5, 0.6) is 5.75 Å². The molecule has 1 fully saturated rings. The molecule has 0 spiro atoms.